The number of carbonyl (C=O) groups excluding carboxylic acids is 1. The summed E-state index contributed by atoms with van der Waals surface area (Å²) < 4.78 is 28.4. The average molecular weight is 330 g/mol. The topological polar surface area (TPSA) is 59.8 Å². The molecule has 2 aromatic heterocycles. The Kier molecular flexibility index (Phi) is 4.50. The van der Waals surface area contributed by atoms with Crippen molar-refractivity contribution in [2.45, 2.75) is 19.9 Å². The molecule has 0 bridgehead atoms. The summed E-state index contributed by atoms with van der Waals surface area (Å²) >= 11 is 0. The Morgan fingerprint density at radius 2 is 2.12 bits per heavy atom. The highest BCUT2D eigenvalue weighted by Gasteiger charge is 2.14. The molecule has 7 heteroatoms. The van der Waals surface area contributed by atoms with Gasteiger partial charge in [-0.15, -0.1) is 0 Å². The standard InChI is InChI=1S/C17H16F2N4O/c1-2-23-15(22-14-4-3-8-20-16(14)23)7-9-21-17(24)12-6-5-11(18)10-13(12)19/h3-6,8,10H,2,7,9H2,1H3,(H,21,24). The first kappa shape index (κ1) is 16.0. The average Bonchev–Trinajstić information content (AvgIpc) is 2.92. The summed E-state index contributed by atoms with van der Waals surface area (Å²) in [5.41, 5.74) is 1.42. The van der Waals surface area contributed by atoms with Crippen LogP contribution in [-0.4, -0.2) is 27.0 Å². The number of nitrogens with zero attached hydrogens (tertiary/aromatic N) is 3. The molecule has 0 atom stereocenters. The van der Waals surface area contributed by atoms with E-state index in [1.807, 2.05) is 23.6 Å². The van der Waals surface area contributed by atoms with Crippen LogP contribution in [0.2, 0.25) is 0 Å². The Labute approximate surface area is 137 Å². The number of imidazole rings is 1. The number of aryl methyl sites for hydroxylation is 1. The number of carbonyl (C=O) groups is 1. The molecule has 124 valence electrons. The van der Waals surface area contributed by atoms with Crippen LogP contribution in [0.15, 0.2) is 36.5 Å². The molecule has 2 heterocycles. The molecule has 3 aromatic rings. The number of hydrogen-bond donors (Lipinski definition) is 1. The van der Waals surface area contributed by atoms with Crippen molar-refractivity contribution >= 4 is 17.1 Å². The molecule has 1 aromatic carbocycles. The van der Waals surface area contributed by atoms with Gasteiger partial charge in [-0.1, -0.05) is 0 Å². The lowest BCUT2D eigenvalue weighted by Crippen LogP contribution is -2.27. The summed E-state index contributed by atoms with van der Waals surface area (Å²) in [7, 11) is 0. The molecule has 0 fully saturated rings. The van der Waals surface area contributed by atoms with Crippen molar-refractivity contribution in [3.05, 3.63) is 59.6 Å². The minimum Gasteiger partial charge on any atom is -0.351 e. The summed E-state index contributed by atoms with van der Waals surface area (Å²) in [5.74, 6) is -1.37. The summed E-state index contributed by atoms with van der Waals surface area (Å²) in [6, 6.07) is 6.57. The number of rotatable bonds is 5. The van der Waals surface area contributed by atoms with Gasteiger partial charge in [0.05, 0.1) is 5.56 Å². The normalized spacial score (nSPS) is 11.0. The number of nitrogens with one attached hydrogen (secondary N) is 1. The molecule has 0 radical (unpaired) electrons. The van der Waals surface area contributed by atoms with Crippen LogP contribution in [0.4, 0.5) is 8.78 Å². The van der Waals surface area contributed by atoms with E-state index in [9.17, 15) is 13.6 Å². The Hall–Kier alpha value is -2.83. The molecule has 5 nitrogen and oxygen atoms in total. The monoisotopic (exact) mass is 330 g/mol. The first-order valence-electron chi connectivity index (χ1n) is 7.63. The van der Waals surface area contributed by atoms with Gasteiger partial charge < -0.3 is 9.88 Å². The lowest BCUT2D eigenvalue weighted by atomic mass is 10.2. The number of fused-ring (bicyclic) bond motifs is 1. The molecule has 0 spiro atoms. The van der Waals surface area contributed by atoms with E-state index in [0.717, 1.165) is 29.1 Å². The number of pyridine rings is 1. The quantitative estimate of drug-likeness (QED) is 0.782. The first-order chi connectivity index (χ1) is 11.6. The largest absolute Gasteiger partial charge is 0.351 e. The SMILES string of the molecule is CCn1c(CCNC(=O)c2ccc(F)cc2F)nc2cccnc21. The molecule has 0 aliphatic heterocycles. The smallest absolute Gasteiger partial charge is 0.254 e. The fourth-order valence-corrected chi connectivity index (χ4v) is 2.59. The summed E-state index contributed by atoms with van der Waals surface area (Å²) in [5, 5.41) is 2.63. The highest BCUT2D eigenvalue weighted by atomic mass is 19.1. The molecule has 0 saturated carbocycles. The Balaban J connectivity index is 1.69. The number of aromatic nitrogens is 3. The van der Waals surface area contributed by atoms with Crippen molar-refractivity contribution in [3.63, 3.8) is 0 Å². The van der Waals surface area contributed by atoms with Gasteiger partial charge in [0.15, 0.2) is 5.65 Å². The maximum atomic E-state index is 13.6. The number of halogens is 2. The molecule has 1 amide bonds. The van der Waals surface area contributed by atoms with Crippen LogP contribution in [-0.2, 0) is 13.0 Å². The molecule has 1 N–H and O–H groups in total. The summed E-state index contributed by atoms with van der Waals surface area (Å²) in [4.78, 5) is 20.8. The van der Waals surface area contributed by atoms with Gasteiger partial charge in [-0.05, 0) is 31.2 Å². The van der Waals surface area contributed by atoms with Crippen molar-refractivity contribution in [2.75, 3.05) is 6.54 Å². The highest BCUT2D eigenvalue weighted by molar-refractivity contribution is 5.94. The van der Waals surface area contributed by atoms with Crippen LogP contribution >= 0.6 is 0 Å². The van der Waals surface area contributed by atoms with E-state index in [1.165, 1.54) is 0 Å². The van der Waals surface area contributed by atoms with E-state index >= 15 is 0 Å². The zero-order chi connectivity index (χ0) is 17.1. The Morgan fingerprint density at radius 3 is 2.88 bits per heavy atom. The Bertz CT molecular complexity index is 891. The van der Waals surface area contributed by atoms with Crippen molar-refractivity contribution in [3.8, 4) is 0 Å². The first-order valence-corrected chi connectivity index (χ1v) is 7.63. The molecule has 3 rings (SSSR count). The third kappa shape index (κ3) is 3.10. The molecule has 24 heavy (non-hydrogen) atoms. The van der Waals surface area contributed by atoms with Crippen molar-refractivity contribution in [1.29, 1.82) is 0 Å². The van der Waals surface area contributed by atoms with Crippen LogP contribution in [0, 0.1) is 11.6 Å². The number of hydrogen-bond acceptors (Lipinski definition) is 3. The molecule has 0 aliphatic rings. The van der Waals surface area contributed by atoms with E-state index in [-0.39, 0.29) is 5.56 Å². The second-order valence-corrected chi connectivity index (χ2v) is 5.25. The molecular formula is C17H16F2N4O. The predicted octanol–water partition coefficient (Wildman–Crippen LogP) is 2.70. The lowest BCUT2D eigenvalue weighted by Gasteiger charge is -2.07. The van der Waals surface area contributed by atoms with Crippen molar-refractivity contribution in [2.24, 2.45) is 0 Å². The third-order valence-corrected chi connectivity index (χ3v) is 3.71. The molecule has 0 unspecified atom stereocenters. The molecular weight excluding hydrogens is 314 g/mol. The van der Waals surface area contributed by atoms with E-state index in [4.69, 9.17) is 0 Å². The van der Waals surface area contributed by atoms with Crippen molar-refractivity contribution in [1.82, 2.24) is 19.9 Å². The second-order valence-electron chi connectivity index (χ2n) is 5.25. The summed E-state index contributed by atoms with van der Waals surface area (Å²) in [6.45, 7) is 2.99. The van der Waals surface area contributed by atoms with Gasteiger partial charge in [0.1, 0.15) is 23.0 Å². The highest BCUT2D eigenvalue weighted by Crippen LogP contribution is 2.14. The number of amides is 1. The Morgan fingerprint density at radius 1 is 1.29 bits per heavy atom. The van der Waals surface area contributed by atoms with Gasteiger partial charge in [0.25, 0.3) is 5.91 Å². The van der Waals surface area contributed by atoms with Gasteiger partial charge in [0.2, 0.25) is 0 Å². The van der Waals surface area contributed by atoms with Crippen LogP contribution in [0.1, 0.15) is 23.1 Å². The van der Waals surface area contributed by atoms with E-state index in [0.29, 0.717) is 25.6 Å². The van der Waals surface area contributed by atoms with E-state index in [1.54, 1.807) is 6.20 Å². The zero-order valence-corrected chi connectivity index (χ0v) is 13.1. The third-order valence-electron chi connectivity index (χ3n) is 3.71. The van der Waals surface area contributed by atoms with Crippen molar-refractivity contribution < 1.29 is 13.6 Å². The maximum absolute atomic E-state index is 13.6. The minimum atomic E-state index is -0.877. The summed E-state index contributed by atoms with van der Waals surface area (Å²) in [6.07, 6.45) is 2.19. The fourth-order valence-electron chi connectivity index (χ4n) is 2.59. The van der Waals surface area contributed by atoms with Crippen LogP contribution in [0.25, 0.3) is 11.2 Å². The van der Waals surface area contributed by atoms with E-state index in [2.05, 4.69) is 15.3 Å². The van der Waals surface area contributed by atoms with Gasteiger partial charge >= 0.3 is 0 Å². The predicted molar refractivity (Wildman–Crippen MR) is 85.6 cm³/mol. The molecule has 0 aliphatic carbocycles. The molecule has 0 saturated heterocycles. The number of benzene rings is 1. The zero-order valence-electron chi connectivity index (χ0n) is 13.1. The fraction of sp³-hybridized carbons (Fsp3) is 0.235. The second kappa shape index (κ2) is 6.74. The van der Waals surface area contributed by atoms with Crippen LogP contribution in [0.3, 0.4) is 0 Å². The minimum absolute atomic E-state index is 0.179. The van der Waals surface area contributed by atoms with Gasteiger partial charge in [-0.25, -0.2) is 18.7 Å². The lowest BCUT2D eigenvalue weighted by molar-refractivity contribution is 0.0950. The van der Waals surface area contributed by atoms with Gasteiger partial charge in [-0.3, -0.25) is 4.79 Å². The van der Waals surface area contributed by atoms with Gasteiger partial charge in [-0.2, -0.15) is 0 Å². The maximum Gasteiger partial charge on any atom is 0.254 e. The van der Waals surface area contributed by atoms with Crippen LogP contribution in [0.5, 0.6) is 0 Å². The van der Waals surface area contributed by atoms with E-state index < -0.39 is 17.5 Å². The van der Waals surface area contributed by atoms with Gasteiger partial charge in [0, 0.05) is 31.8 Å². The van der Waals surface area contributed by atoms with Crippen LogP contribution < -0.4 is 5.32 Å².